The first-order valence-corrected chi connectivity index (χ1v) is 7.11. The van der Waals surface area contributed by atoms with Crippen LogP contribution in [-0.2, 0) is 11.3 Å². The van der Waals surface area contributed by atoms with Crippen molar-refractivity contribution in [2.45, 2.75) is 25.4 Å². The van der Waals surface area contributed by atoms with Gasteiger partial charge in [-0.05, 0) is 44.1 Å². The van der Waals surface area contributed by atoms with Crippen LogP contribution < -0.4 is 10.6 Å². The fourth-order valence-electron chi connectivity index (χ4n) is 2.57. The molecule has 0 aliphatic carbocycles. The van der Waals surface area contributed by atoms with Crippen molar-refractivity contribution < 1.29 is 9.18 Å². The molecule has 110 valence electrons. The molecule has 0 bridgehead atoms. The standard InChI is InChI=1S/C15H22FN3O/c1-17-8-9-18-15(20)14-3-2-10-19(14)11-12-4-6-13(16)7-5-12/h4-7,14,17H,2-3,8-11H2,1H3,(H,18,20). The van der Waals surface area contributed by atoms with Crippen molar-refractivity contribution in [1.82, 2.24) is 15.5 Å². The molecule has 5 heteroatoms. The van der Waals surface area contributed by atoms with Gasteiger partial charge < -0.3 is 10.6 Å². The maximum absolute atomic E-state index is 12.9. The van der Waals surface area contributed by atoms with Crippen LogP contribution in [0.1, 0.15) is 18.4 Å². The van der Waals surface area contributed by atoms with Crippen LogP contribution in [0.25, 0.3) is 0 Å². The molecule has 1 aromatic carbocycles. The highest BCUT2D eigenvalue weighted by atomic mass is 19.1. The van der Waals surface area contributed by atoms with Crippen LogP contribution in [0.2, 0.25) is 0 Å². The Morgan fingerprint density at radius 2 is 2.10 bits per heavy atom. The van der Waals surface area contributed by atoms with Crippen molar-refractivity contribution in [2.75, 3.05) is 26.7 Å². The second kappa shape index (κ2) is 7.36. The number of likely N-dealkylation sites (tertiary alicyclic amines) is 1. The SMILES string of the molecule is CNCCNC(=O)C1CCCN1Cc1ccc(F)cc1. The fourth-order valence-corrected chi connectivity index (χ4v) is 2.57. The largest absolute Gasteiger partial charge is 0.353 e. The van der Waals surface area contributed by atoms with Crippen LogP contribution in [0, 0.1) is 5.82 Å². The maximum Gasteiger partial charge on any atom is 0.237 e. The molecule has 1 aliphatic heterocycles. The quantitative estimate of drug-likeness (QED) is 0.767. The van der Waals surface area contributed by atoms with E-state index in [2.05, 4.69) is 15.5 Å². The first-order valence-electron chi connectivity index (χ1n) is 7.11. The van der Waals surface area contributed by atoms with E-state index in [0.29, 0.717) is 13.1 Å². The van der Waals surface area contributed by atoms with Gasteiger partial charge in [0.15, 0.2) is 0 Å². The first-order chi connectivity index (χ1) is 9.70. The van der Waals surface area contributed by atoms with E-state index in [1.807, 2.05) is 7.05 Å². The molecule has 0 radical (unpaired) electrons. The Bertz CT molecular complexity index is 435. The van der Waals surface area contributed by atoms with Gasteiger partial charge in [-0.3, -0.25) is 9.69 Å². The maximum atomic E-state index is 12.9. The van der Waals surface area contributed by atoms with Crippen LogP contribution in [0.5, 0.6) is 0 Å². The molecule has 1 amide bonds. The van der Waals surface area contributed by atoms with Crippen molar-refractivity contribution in [2.24, 2.45) is 0 Å². The predicted molar refractivity (Wildman–Crippen MR) is 76.8 cm³/mol. The van der Waals surface area contributed by atoms with Gasteiger partial charge in [0.25, 0.3) is 0 Å². The summed E-state index contributed by atoms with van der Waals surface area (Å²) in [6, 6.07) is 6.44. The Hall–Kier alpha value is -1.46. The molecule has 1 aromatic rings. The van der Waals surface area contributed by atoms with E-state index in [4.69, 9.17) is 0 Å². The average Bonchev–Trinajstić information content (AvgIpc) is 2.90. The molecular formula is C15H22FN3O. The van der Waals surface area contributed by atoms with Crippen molar-refractivity contribution in [3.05, 3.63) is 35.6 Å². The molecule has 1 saturated heterocycles. The topological polar surface area (TPSA) is 44.4 Å². The van der Waals surface area contributed by atoms with Gasteiger partial charge in [-0.25, -0.2) is 4.39 Å². The summed E-state index contributed by atoms with van der Waals surface area (Å²) in [5.74, 6) is -0.128. The third kappa shape index (κ3) is 4.02. The highest BCUT2D eigenvalue weighted by Crippen LogP contribution is 2.20. The van der Waals surface area contributed by atoms with Gasteiger partial charge in [-0.15, -0.1) is 0 Å². The molecule has 1 aliphatic rings. The number of halogens is 1. The zero-order valence-corrected chi connectivity index (χ0v) is 11.9. The number of carbonyl (C=O) groups is 1. The summed E-state index contributed by atoms with van der Waals surface area (Å²) < 4.78 is 12.9. The molecule has 2 rings (SSSR count). The molecule has 4 nitrogen and oxygen atoms in total. The van der Waals surface area contributed by atoms with Crippen molar-refractivity contribution in [1.29, 1.82) is 0 Å². The number of likely N-dealkylation sites (N-methyl/N-ethyl adjacent to an activating group) is 1. The summed E-state index contributed by atoms with van der Waals surface area (Å²) in [5.41, 5.74) is 1.04. The molecule has 20 heavy (non-hydrogen) atoms. The van der Waals surface area contributed by atoms with Crippen LogP contribution in [-0.4, -0.2) is 43.5 Å². The normalized spacial score (nSPS) is 19.2. The number of amides is 1. The van der Waals surface area contributed by atoms with E-state index in [-0.39, 0.29) is 17.8 Å². The van der Waals surface area contributed by atoms with Gasteiger partial charge in [-0.1, -0.05) is 12.1 Å². The van der Waals surface area contributed by atoms with E-state index in [1.54, 1.807) is 12.1 Å². The second-order valence-electron chi connectivity index (χ2n) is 5.15. The number of benzene rings is 1. The summed E-state index contributed by atoms with van der Waals surface area (Å²) in [7, 11) is 1.86. The van der Waals surface area contributed by atoms with Gasteiger partial charge >= 0.3 is 0 Å². The average molecular weight is 279 g/mol. The lowest BCUT2D eigenvalue weighted by Gasteiger charge is -2.23. The Labute approximate surface area is 119 Å². The van der Waals surface area contributed by atoms with Gasteiger partial charge in [-0.2, -0.15) is 0 Å². The van der Waals surface area contributed by atoms with Crippen molar-refractivity contribution in [3.63, 3.8) is 0 Å². The third-order valence-corrected chi connectivity index (χ3v) is 3.64. The lowest BCUT2D eigenvalue weighted by molar-refractivity contribution is -0.125. The number of nitrogens with zero attached hydrogens (tertiary/aromatic N) is 1. The van der Waals surface area contributed by atoms with E-state index < -0.39 is 0 Å². The van der Waals surface area contributed by atoms with E-state index in [9.17, 15) is 9.18 Å². The lowest BCUT2D eigenvalue weighted by atomic mass is 10.1. The summed E-state index contributed by atoms with van der Waals surface area (Å²) in [6.45, 7) is 3.04. The monoisotopic (exact) mass is 279 g/mol. The molecule has 0 spiro atoms. The van der Waals surface area contributed by atoms with Gasteiger partial charge in [0.05, 0.1) is 6.04 Å². The zero-order valence-electron chi connectivity index (χ0n) is 11.9. The van der Waals surface area contributed by atoms with Crippen LogP contribution in [0.3, 0.4) is 0 Å². The minimum absolute atomic E-state index is 0.0584. The Kier molecular flexibility index (Phi) is 5.49. The minimum atomic E-state index is -0.225. The molecule has 1 unspecified atom stereocenters. The third-order valence-electron chi connectivity index (χ3n) is 3.64. The molecule has 0 saturated carbocycles. The summed E-state index contributed by atoms with van der Waals surface area (Å²) in [5, 5.41) is 5.95. The summed E-state index contributed by atoms with van der Waals surface area (Å²) in [6.07, 6.45) is 1.93. The molecule has 2 N–H and O–H groups in total. The molecule has 1 fully saturated rings. The predicted octanol–water partition coefficient (Wildman–Crippen LogP) is 1.13. The van der Waals surface area contributed by atoms with Crippen molar-refractivity contribution in [3.8, 4) is 0 Å². The highest BCUT2D eigenvalue weighted by Gasteiger charge is 2.30. The fraction of sp³-hybridized carbons (Fsp3) is 0.533. The Morgan fingerprint density at radius 3 is 2.80 bits per heavy atom. The minimum Gasteiger partial charge on any atom is -0.353 e. The summed E-state index contributed by atoms with van der Waals surface area (Å²) in [4.78, 5) is 14.3. The number of hydrogen-bond acceptors (Lipinski definition) is 3. The molecule has 0 aromatic heterocycles. The molecule has 1 atom stereocenters. The van der Waals surface area contributed by atoms with E-state index in [1.165, 1.54) is 12.1 Å². The second-order valence-corrected chi connectivity index (χ2v) is 5.15. The van der Waals surface area contributed by atoms with Crippen LogP contribution in [0.4, 0.5) is 4.39 Å². The van der Waals surface area contributed by atoms with Crippen LogP contribution >= 0.6 is 0 Å². The van der Waals surface area contributed by atoms with Gasteiger partial charge in [0.1, 0.15) is 5.82 Å². The molecule has 1 heterocycles. The van der Waals surface area contributed by atoms with Crippen LogP contribution in [0.15, 0.2) is 24.3 Å². The number of rotatable bonds is 6. The zero-order chi connectivity index (χ0) is 14.4. The van der Waals surface area contributed by atoms with E-state index >= 15 is 0 Å². The molecular weight excluding hydrogens is 257 g/mol. The smallest absolute Gasteiger partial charge is 0.237 e. The van der Waals surface area contributed by atoms with Crippen molar-refractivity contribution >= 4 is 5.91 Å². The number of hydrogen-bond donors (Lipinski definition) is 2. The first kappa shape index (κ1) is 14.9. The number of carbonyl (C=O) groups excluding carboxylic acids is 1. The summed E-state index contributed by atoms with van der Waals surface area (Å²) >= 11 is 0. The Balaban J connectivity index is 1.89. The highest BCUT2D eigenvalue weighted by molar-refractivity contribution is 5.82. The number of nitrogens with one attached hydrogen (secondary N) is 2. The lowest BCUT2D eigenvalue weighted by Crippen LogP contribution is -2.44. The van der Waals surface area contributed by atoms with Gasteiger partial charge in [0.2, 0.25) is 5.91 Å². The van der Waals surface area contributed by atoms with Gasteiger partial charge in [0, 0.05) is 19.6 Å². The van der Waals surface area contributed by atoms with E-state index in [0.717, 1.165) is 31.5 Å². The Morgan fingerprint density at radius 1 is 1.35 bits per heavy atom.